The largest absolute Gasteiger partial charge is 0.328 e. The van der Waals surface area contributed by atoms with E-state index in [2.05, 4.69) is 10.6 Å². The fraction of sp³-hybridized carbons (Fsp3) is 0.583. The van der Waals surface area contributed by atoms with Crippen LogP contribution in [0.2, 0.25) is 0 Å². The maximum atomic E-state index is 12.1. The molecule has 0 aromatic heterocycles. The lowest BCUT2D eigenvalue weighted by molar-refractivity contribution is -0.142. The zero-order chi connectivity index (χ0) is 13.1. The number of carbonyl (C=O) groups is 3. The van der Waals surface area contributed by atoms with Crippen LogP contribution >= 0.6 is 0 Å². The van der Waals surface area contributed by atoms with Crippen LogP contribution < -0.4 is 10.6 Å². The molecule has 0 aromatic carbocycles. The van der Waals surface area contributed by atoms with Gasteiger partial charge in [0, 0.05) is 0 Å². The lowest BCUT2D eigenvalue weighted by Crippen LogP contribution is -2.63. The molecule has 0 spiro atoms. The molecule has 0 atom stereocenters. The first-order chi connectivity index (χ1) is 8.02. The summed E-state index contributed by atoms with van der Waals surface area (Å²) in [6.07, 6.45) is 3.48. The van der Waals surface area contributed by atoms with Crippen molar-refractivity contribution < 1.29 is 14.4 Å². The zero-order valence-corrected chi connectivity index (χ0v) is 10.4. The second-order valence-corrected chi connectivity index (χ2v) is 4.06. The number of urea groups is 1. The molecule has 2 N–H and O–H groups in total. The summed E-state index contributed by atoms with van der Waals surface area (Å²) in [5, 5.41) is 4.37. The molecule has 5 nitrogen and oxygen atoms in total. The van der Waals surface area contributed by atoms with Gasteiger partial charge in [0.25, 0.3) is 0 Å². The number of barbiturate groups is 1. The van der Waals surface area contributed by atoms with Crippen molar-refractivity contribution in [3.05, 3.63) is 11.6 Å². The molecule has 1 aliphatic rings. The number of hydrogen-bond donors (Lipinski definition) is 2. The van der Waals surface area contributed by atoms with E-state index in [0.29, 0.717) is 19.3 Å². The van der Waals surface area contributed by atoms with Crippen molar-refractivity contribution in [3.8, 4) is 0 Å². The fourth-order valence-electron chi connectivity index (χ4n) is 2.36. The molecule has 4 amide bonds. The highest BCUT2D eigenvalue weighted by Gasteiger charge is 2.51. The van der Waals surface area contributed by atoms with Crippen LogP contribution in [0.15, 0.2) is 11.6 Å². The van der Waals surface area contributed by atoms with E-state index in [-0.39, 0.29) is 0 Å². The molecule has 94 valence electrons. The van der Waals surface area contributed by atoms with Crippen LogP contribution in [0.1, 0.15) is 40.0 Å². The fourth-order valence-corrected chi connectivity index (χ4v) is 2.36. The van der Waals surface area contributed by atoms with Gasteiger partial charge in [-0.25, -0.2) is 4.79 Å². The highest BCUT2D eigenvalue weighted by molar-refractivity contribution is 6.21. The van der Waals surface area contributed by atoms with Crippen molar-refractivity contribution in [1.29, 1.82) is 0 Å². The minimum absolute atomic E-state index is 0.408. The zero-order valence-electron chi connectivity index (χ0n) is 10.4. The molecule has 0 radical (unpaired) electrons. The van der Waals surface area contributed by atoms with E-state index in [1.54, 1.807) is 13.0 Å². The highest BCUT2D eigenvalue weighted by atomic mass is 16.2. The molecule has 0 aromatic rings. The second-order valence-electron chi connectivity index (χ2n) is 4.06. The first kappa shape index (κ1) is 13.4. The predicted molar refractivity (Wildman–Crippen MR) is 63.1 cm³/mol. The Morgan fingerprint density at radius 1 is 1.18 bits per heavy atom. The lowest BCUT2D eigenvalue weighted by Gasteiger charge is -2.35. The number of imide groups is 2. The van der Waals surface area contributed by atoms with Crippen molar-refractivity contribution in [2.24, 2.45) is 5.41 Å². The van der Waals surface area contributed by atoms with Crippen LogP contribution in [0.3, 0.4) is 0 Å². The van der Waals surface area contributed by atoms with Crippen LogP contribution in [0.5, 0.6) is 0 Å². The van der Waals surface area contributed by atoms with Gasteiger partial charge in [0.2, 0.25) is 11.8 Å². The summed E-state index contributed by atoms with van der Waals surface area (Å²) < 4.78 is 0. The molecule has 1 fully saturated rings. The maximum Gasteiger partial charge on any atom is 0.328 e. The van der Waals surface area contributed by atoms with Gasteiger partial charge < -0.3 is 0 Å². The minimum atomic E-state index is -1.22. The Kier molecular flexibility index (Phi) is 4.04. The van der Waals surface area contributed by atoms with E-state index in [1.165, 1.54) is 0 Å². The Hall–Kier alpha value is -1.65. The Balaban J connectivity index is 3.26. The molecule has 0 unspecified atom stereocenters. The number of hydrogen-bond acceptors (Lipinski definition) is 3. The molecular formula is C12H18N2O3. The highest BCUT2D eigenvalue weighted by Crippen LogP contribution is 2.36. The minimum Gasteiger partial charge on any atom is -0.277 e. The average Bonchev–Trinajstić information content (AvgIpc) is 2.26. The standard InChI is InChI=1S/C12H18N2O3/c1-4-7-12(8(5-2)6-3)9(15)13-11(17)14-10(12)16/h5H,4,6-7H2,1-3H3,(H2,13,14,15,16,17). The van der Waals surface area contributed by atoms with Crippen molar-refractivity contribution in [1.82, 2.24) is 10.6 Å². The van der Waals surface area contributed by atoms with E-state index in [4.69, 9.17) is 0 Å². The van der Waals surface area contributed by atoms with Crippen molar-refractivity contribution >= 4 is 17.8 Å². The van der Waals surface area contributed by atoms with Crippen molar-refractivity contribution in [2.75, 3.05) is 0 Å². The smallest absolute Gasteiger partial charge is 0.277 e. The van der Waals surface area contributed by atoms with E-state index in [1.807, 2.05) is 13.8 Å². The van der Waals surface area contributed by atoms with E-state index < -0.39 is 23.3 Å². The summed E-state index contributed by atoms with van der Waals surface area (Å²) in [6, 6.07) is -0.738. The molecular weight excluding hydrogens is 220 g/mol. The topological polar surface area (TPSA) is 75.3 Å². The molecule has 0 aliphatic carbocycles. The number of amides is 4. The van der Waals surface area contributed by atoms with Gasteiger partial charge in [-0.1, -0.05) is 26.3 Å². The van der Waals surface area contributed by atoms with E-state index >= 15 is 0 Å². The molecule has 1 rings (SSSR count). The maximum absolute atomic E-state index is 12.1. The van der Waals surface area contributed by atoms with Gasteiger partial charge in [-0.3, -0.25) is 20.2 Å². The third-order valence-corrected chi connectivity index (χ3v) is 3.13. The summed E-state index contributed by atoms with van der Waals surface area (Å²) in [5.41, 5.74) is -0.464. The molecule has 1 saturated heterocycles. The van der Waals surface area contributed by atoms with Crippen LogP contribution in [-0.2, 0) is 9.59 Å². The van der Waals surface area contributed by atoms with Crippen LogP contribution in [-0.4, -0.2) is 17.8 Å². The second kappa shape index (κ2) is 5.12. The van der Waals surface area contributed by atoms with Gasteiger partial charge in [0.1, 0.15) is 5.41 Å². The Bertz CT molecular complexity index is 365. The summed E-state index contributed by atoms with van der Waals surface area (Å²) in [5.74, 6) is -1.02. The first-order valence-corrected chi connectivity index (χ1v) is 5.85. The molecule has 5 heteroatoms. The number of allylic oxidation sites excluding steroid dienone is 1. The monoisotopic (exact) mass is 238 g/mol. The van der Waals surface area contributed by atoms with Crippen LogP contribution in [0.25, 0.3) is 0 Å². The van der Waals surface area contributed by atoms with E-state index in [0.717, 1.165) is 5.57 Å². The Morgan fingerprint density at radius 3 is 2.06 bits per heavy atom. The lowest BCUT2D eigenvalue weighted by atomic mass is 9.72. The molecule has 1 aliphatic heterocycles. The predicted octanol–water partition coefficient (Wildman–Crippen LogP) is 1.50. The first-order valence-electron chi connectivity index (χ1n) is 5.85. The normalized spacial score (nSPS) is 19.9. The van der Waals surface area contributed by atoms with Gasteiger partial charge in [-0.15, -0.1) is 0 Å². The average molecular weight is 238 g/mol. The molecule has 0 saturated carbocycles. The van der Waals surface area contributed by atoms with Gasteiger partial charge in [0.05, 0.1) is 0 Å². The van der Waals surface area contributed by atoms with Crippen LogP contribution in [0.4, 0.5) is 4.79 Å². The van der Waals surface area contributed by atoms with Crippen molar-refractivity contribution in [3.63, 3.8) is 0 Å². The van der Waals surface area contributed by atoms with Gasteiger partial charge >= 0.3 is 6.03 Å². The van der Waals surface area contributed by atoms with Crippen molar-refractivity contribution in [2.45, 2.75) is 40.0 Å². The third kappa shape index (κ3) is 2.09. The molecule has 0 bridgehead atoms. The Labute approximate surface area is 101 Å². The quantitative estimate of drug-likeness (QED) is 0.575. The number of rotatable bonds is 4. The van der Waals surface area contributed by atoms with E-state index in [9.17, 15) is 14.4 Å². The SMILES string of the molecule is CC=C(CC)C1(CCC)C(=O)NC(=O)NC1=O. The molecule has 17 heavy (non-hydrogen) atoms. The van der Waals surface area contributed by atoms with Gasteiger partial charge in [-0.05, 0) is 25.3 Å². The third-order valence-electron chi connectivity index (χ3n) is 3.13. The van der Waals surface area contributed by atoms with Crippen LogP contribution in [0, 0.1) is 5.41 Å². The number of nitrogens with one attached hydrogen (secondary N) is 2. The van der Waals surface area contributed by atoms with Gasteiger partial charge in [-0.2, -0.15) is 0 Å². The summed E-state index contributed by atoms with van der Waals surface area (Å²) >= 11 is 0. The number of carbonyl (C=O) groups excluding carboxylic acids is 3. The summed E-state index contributed by atoms with van der Waals surface area (Å²) in [4.78, 5) is 35.2. The summed E-state index contributed by atoms with van der Waals surface area (Å²) in [7, 11) is 0. The van der Waals surface area contributed by atoms with Gasteiger partial charge in [0.15, 0.2) is 0 Å². The summed E-state index contributed by atoms with van der Waals surface area (Å²) in [6.45, 7) is 5.60. The Morgan fingerprint density at radius 2 is 1.71 bits per heavy atom. The molecule has 1 heterocycles.